The Morgan fingerprint density at radius 1 is 1.16 bits per heavy atom. The van der Waals surface area contributed by atoms with Crippen LogP contribution in [0.3, 0.4) is 0 Å². The number of carboxylic acid groups (broad SMARTS) is 1. The summed E-state index contributed by atoms with van der Waals surface area (Å²) in [4.78, 5) is 30.3. The number of thioether (sulfide) groups is 1. The van der Waals surface area contributed by atoms with Gasteiger partial charge in [-0.05, 0) is 48.7 Å². The molecule has 0 spiro atoms. The van der Waals surface area contributed by atoms with Gasteiger partial charge in [0.05, 0.1) is 31.6 Å². The number of aromatic nitrogens is 1. The summed E-state index contributed by atoms with van der Waals surface area (Å²) in [5, 5.41) is 13.4. The lowest BCUT2D eigenvalue weighted by atomic mass is 10.0. The van der Waals surface area contributed by atoms with Crippen LogP contribution in [-0.2, 0) is 11.3 Å². The maximum absolute atomic E-state index is 12.4. The summed E-state index contributed by atoms with van der Waals surface area (Å²) in [5.74, 6) is -0.685. The van der Waals surface area contributed by atoms with Gasteiger partial charge in [0.25, 0.3) is 0 Å². The van der Waals surface area contributed by atoms with Crippen LogP contribution < -0.4 is 5.32 Å². The largest absolute Gasteiger partial charge is 0.478 e. The Hall–Kier alpha value is -1.84. The highest BCUT2D eigenvalue weighted by atomic mass is 35.5. The molecule has 2 aromatic carbocycles. The van der Waals surface area contributed by atoms with Crippen LogP contribution in [0.4, 0.5) is 0 Å². The summed E-state index contributed by atoms with van der Waals surface area (Å²) in [6.45, 7) is 2.62. The third-order valence-corrected chi connectivity index (χ3v) is 8.19. The molecule has 3 aromatic rings. The minimum absolute atomic E-state index is 0.0107. The SMILES string of the molecule is O=C(CSc1nc2ccc(C(=O)O)cc2s1)NC1CCN(Cc2ccc(Cl)c(Cl)c2)CC1. The second-order valence-corrected chi connectivity index (χ2v) is 10.7. The lowest BCUT2D eigenvalue weighted by molar-refractivity contribution is -0.119. The molecule has 1 fully saturated rings. The molecule has 1 saturated heterocycles. The van der Waals surface area contributed by atoms with Crippen LogP contribution in [0.5, 0.6) is 0 Å². The van der Waals surface area contributed by atoms with Crippen molar-refractivity contribution in [1.82, 2.24) is 15.2 Å². The van der Waals surface area contributed by atoms with Gasteiger partial charge in [0.2, 0.25) is 5.91 Å². The molecule has 0 unspecified atom stereocenters. The van der Waals surface area contributed by atoms with Crippen molar-refractivity contribution in [2.75, 3.05) is 18.8 Å². The first kappa shape index (κ1) is 23.3. The molecule has 2 N–H and O–H groups in total. The number of halogens is 2. The minimum Gasteiger partial charge on any atom is -0.478 e. The van der Waals surface area contributed by atoms with E-state index in [1.165, 1.54) is 23.1 Å². The molecule has 4 rings (SSSR count). The number of thiazole rings is 1. The van der Waals surface area contributed by atoms with Crippen LogP contribution in [0.1, 0.15) is 28.8 Å². The van der Waals surface area contributed by atoms with Gasteiger partial charge in [-0.1, -0.05) is 41.0 Å². The van der Waals surface area contributed by atoms with E-state index in [0.29, 0.717) is 10.0 Å². The first-order valence-corrected chi connectivity index (χ1v) is 12.7. The topological polar surface area (TPSA) is 82.5 Å². The van der Waals surface area contributed by atoms with Gasteiger partial charge in [-0.15, -0.1) is 11.3 Å². The zero-order valence-corrected chi connectivity index (χ0v) is 20.2. The van der Waals surface area contributed by atoms with Crippen LogP contribution in [-0.4, -0.2) is 51.8 Å². The van der Waals surface area contributed by atoms with Gasteiger partial charge in [-0.2, -0.15) is 0 Å². The first-order chi connectivity index (χ1) is 15.4. The zero-order chi connectivity index (χ0) is 22.7. The van der Waals surface area contributed by atoms with E-state index >= 15 is 0 Å². The third kappa shape index (κ3) is 5.94. The van der Waals surface area contributed by atoms with Crippen molar-refractivity contribution in [1.29, 1.82) is 0 Å². The molecule has 1 aromatic heterocycles. The normalized spacial score (nSPS) is 15.2. The lowest BCUT2D eigenvalue weighted by Gasteiger charge is -2.32. The van der Waals surface area contributed by atoms with Crippen molar-refractivity contribution in [2.24, 2.45) is 0 Å². The number of carbonyl (C=O) groups is 2. The molecule has 2 heterocycles. The van der Waals surface area contributed by atoms with Crippen molar-refractivity contribution < 1.29 is 14.7 Å². The molecular weight excluding hydrogens is 489 g/mol. The number of fused-ring (bicyclic) bond motifs is 1. The number of piperidine rings is 1. The van der Waals surface area contributed by atoms with E-state index in [1.807, 2.05) is 18.2 Å². The smallest absolute Gasteiger partial charge is 0.335 e. The van der Waals surface area contributed by atoms with Gasteiger partial charge >= 0.3 is 5.97 Å². The van der Waals surface area contributed by atoms with Gasteiger partial charge in [-0.3, -0.25) is 9.69 Å². The lowest BCUT2D eigenvalue weighted by Crippen LogP contribution is -2.44. The molecule has 0 aliphatic carbocycles. The number of benzene rings is 2. The molecular formula is C22H21Cl2N3O3S2. The Kier molecular flexibility index (Phi) is 7.58. The summed E-state index contributed by atoms with van der Waals surface area (Å²) in [6, 6.07) is 10.7. The average molecular weight is 510 g/mol. The third-order valence-electron chi connectivity index (χ3n) is 5.29. The van der Waals surface area contributed by atoms with Crippen LogP contribution in [0.2, 0.25) is 10.0 Å². The summed E-state index contributed by atoms with van der Waals surface area (Å²) in [5.41, 5.74) is 2.11. The highest BCUT2D eigenvalue weighted by Crippen LogP contribution is 2.30. The summed E-state index contributed by atoms with van der Waals surface area (Å²) >= 11 is 14.9. The highest BCUT2D eigenvalue weighted by Gasteiger charge is 2.21. The van der Waals surface area contributed by atoms with E-state index in [1.54, 1.807) is 18.2 Å². The maximum Gasteiger partial charge on any atom is 0.335 e. The number of nitrogens with one attached hydrogen (secondary N) is 1. The summed E-state index contributed by atoms with van der Waals surface area (Å²) in [6.07, 6.45) is 1.80. The highest BCUT2D eigenvalue weighted by molar-refractivity contribution is 8.01. The predicted molar refractivity (Wildman–Crippen MR) is 130 cm³/mol. The number of carboxylic acids is 1. The van der Waals surface area contributed by atoms with Gasteiger partial charge in [-0.25, -0.2) is 9.78 Å². The van der Waals surface area contributed by atoms with Crippen molar-refractivity contribution in [2.45, 2.75) is 29.8 Å². The van der Waals surface area contributed by atoms with Crippen molar-refractivity contribution >= 4 is 68.4 Å². The van der Waals surface area contributed by atoms with Gasteiger partial charge < -0.3 is 10.4 Å². The zero-order valence-electron chi connectivity index (χ0n) is 17.0. The molecule has 6 nitrogen and oxygen atoms in total. The minimum atomic E-state index is -0.961. The number of aromatic carboxylic acids is 1. The van der Waals surface area contributed by atoms with E-state index in [4.69, 9.17) is 28.3 Å². The van der Waals surface area contributed by atoms with Gasteiger partial charge in [0, 0.05) is 25.7 Å². The van der Waals surface area contributed by atoms with Crippen molar-refractivity contribution in [3.63, 3.8) is 0 Å². The average Bonchev–Trinajstić information content (AvgIpc) is 3.18. The molecule has 168 valence electrons. The predicted octanol–water partition coefficient (Wildman–Crippen LogP) is 5.17. The standard InChI is InChI=1S/C22H21Cl2N3O3S2/c23-16-3-1-13(9-17(16)24)11-27-7-5-15(6-8-27)25-20(28)12-31-22-26-18-4-2-14(21(29)30)10-19(18)32-22/h1-4,9-10,15H,5-8,11-12H2,(H,25,28)(H,29,30). The second-order valence-electron chi connectivity index (χ2n) is 7.62. The molecule has 32 heavy (non-hydrogen) atoms. The molecule has 1 aliphatic rings. The maximum atomic E-state index is 12.4. The Bertz CT molecular complexity index is 1150. The molecule has 0 saturated carbocycles. The van der Waals surface area contributed by atoms with Crippen LogP contribution in [0.25, 0.3) is 10.2 Å². The van der Waals surface area contributed by atoms with Crippen LogP contribution >= 0.6 is 46.3 Å². The quantitative estimate of drug-likeness (QED) is 0.427. The van der Waals surface area contributed by atoms with Crippen molar-refractivity contribution in [3.05, 3.63) is 57.6 Å². The van der Waals surface area contributed by atoms with E-state index in [9.17, 15) is 9.59 Å². The molecule has 0 bridgehead atoms. The second kappa shape index (κ2) is 10.4. The van der Waals surface area contributed by atoms with E-state index in [0.717, 1.165) is 52.6 Å². The Balaban J connectivity index is 1.22. The van der Waals surface area contributed by atoms with E-state index < -0.39 is 5.97 Å². The molecule has 0 radical (unpaired) electrons. The monoisotopic (exact) mass is 509 g/mol. The number of hydrogen-bond acceptors (Lipinski definition) is 6. The first-order valence-electron chi connectivity index (χ1n) is 10.1. The number of carbonyl (C=O) groups excluding carboxylic acids is 1. The number of rotatable bonds is 7. The van der Waals surface area contributed by atoms with Gasteiger partial charge in [0.15, 0.2) is 4.34 Å². The number of amides is 1. The molecule has 0 atom stereocenters. The molecule has 1 amide bonds. The Morgan fingerprint density at radius 3 is 2.66 bits per heavy atom. The molecule has 1 aliphatic heterocycles. The fourth-order valence-corrected chi connectivity index (χ4v) is 5.87. The molecule has 10 heteroatoms. The van der Waals surface area contributed by atoms with Crippen molar-refractivity contribution in [3.8, 4) is 0 Å². The number of hydrogen-bond donors (Lipinski definition) is 2. The number of likely N-dealkylation sites (tertiary alicyclic amines) is 1. The fourth-order valence-electron chi connectivity index (χ4n) is 3.63. The fraction of sp³-hybridized carbons (Fsp3) is 0.318. The Morgan fingerprint density at radius 2 is 1.94 bits per heavy atom. The van der Waals surface area contributed by atoms with E-state index in [2.05, 4.69) is 15.2 Å². The number of nitrogens with zero attached hydrogens (tertiary/aromatic N) is 2. The van der Waals surface area contributed by atoms with Crippen LogP contribution in [0, 0.1) is 0 Å². The summed E-state index contributed by atoms with van der Waals surface area (Å²) in [7, 11) is 0. The summed E-state index contributed by atoms with van der Waals surface area (Å²) < 4.78 is 1.57. The van der Waals surface area contributed by atoms with Crippen LogP contribution in [0.15, 0.2) is 40.7 Å². The Labute approximate surface area is 203 Å². The van der Waals surface area contributed by atoms with Gasteiger partial charge in [0.1, 0.15) is 0 Å². The van der Waals surface area contributed by atoms with E-state index in [-0.39, 0.29) is 23.3 Å².